The number of nitriles is 1. The number of rotatable bonds is 0. The van der Waals surface area contributed by atoms with Crippen molar-refractivity contribution in [1.29, 1.82) is 5.26 Å². The average molecular weight is 384 g/mol. The lowest BCUT2D eigenvalue weighted by atomic mass is 9.68. The van der Waals surface area contributed by atoms with Crippen molar-refractivity contribution in [2.45, 2.75) is 12.3 Å². The molecule has 5 rings (SSSR count). The third-order valence-electron chi connectivity index (χ3n) is 5.74. The topological polar surface area (TPSA) is 110 Å². The van der Waals surface area contributed by atoms with Crippen molar-refractivity contribution in [2.75, 3.05) is 5.32 Å². The quantitative estimate of drug-likeness (QED) is 0.617. The minimum absolute atomic E-state index is 0.0840. The Morgan fingerprint density at radius 1 is 1.21 bits per heavy atom. The first-order chi connectivity index (χ1) is 13.9. The number of aryl methyl sites for hydroxylation is 2. The zero-order chi connectivity index (χ0) is 20.5. The normalized spacial score (nSPS) is 19.6. The number of amides is 1. The Hall–Kier alpha value is -4.05. The highest BCUT2D eigenvalue weighted by molar-refractivity contribution is 6.13. The Kier molecular flexibility index (Phi) is 3.23. The first kappa shape index (κ1) is 17.1. The Morgan fingerprint density at radius 3 is 2.72 bits per heavy atom. The molecule has 1 atom stereocenters. The second-order valence-corrected chi connectivity index (χ2v) is 7.29. The first-order valence-corrected chi connectivity index (χ1v) is 9.04. The highest BCUT2D eigenvalue weighted by Gasteiger charge is 2.58. The fourth-order valence-electron chi connectivity index (χ4n) is 4.43. The number of aromatic nitrogens is 1. The smallest absolute Gasteiger partial charge is 0.259 e. The van der Waals surface area contributed by atoms with E-state index in [1.165, 1.54) is 4.57 Å². The number of ether oxygens (including phenoxy) is 1. The van der Waals surface area contributed by atoms with Crippen LogP contribution >= 0.6 is 0 Å². The standard InChI is InChI=1S/C22H16N4O3/c1-11-7-8-15-13(9-11)22(21(28)25-15)14(10-23)19(24)29-18-12-5-3-4-6-16(12)26(2)20(27)17(18)22/h3-9H,24H2,1-2H3,(H,25,28)/t22-/m0/s1. The van der Waals surface area contributed by atoms with Crippen LogP contribution in [0.2, 0.25) is 0 Å². The van der Waals surface area contributed by atoms with Crippen molar-refractivity contribution in [3.8, 4) is 11.8 Å². The van der Waals surface area contributed by atoms with Gasteiger partial charge in [-0.05, 0) is 25.1 Å². The molecular weight excluding hydrogens is 368 g/mol. The molecule has 2 aromatic carbocycles. The molecule has 0 unspecified atom stereocenters. The van der Waals surface area contributed by atoms with Crippen molar-refractivity contribution in [3.05, 3.63) is 81.0 Å². The summed E-state index contributed by atoms with van der Waals surface area (Å²) in [5.41, 5.74) is 6.69. The maximum Gasteiger partial charge on any atom is 0.259 e. The van der Waals surface area contributed by atoms with Crippen molar-refractivity contribution >= 4 is 22.5 Å². The van der Waals surface area contributed by atoms with E-state index in [1.807, 2.05) is 37.3 Å². The van der Waals surface area contributed by atoms with Gasteiger partial charge in [0.25, 0.3) is 5.56 Å². The number of benzene rings is 2. The number of hydrogen-bond donors (Lipinski definition) is 2. The summed E-state index contributed by atoms with van der Waals surface area (Å²) in [6.45, 7) is 1.88. The van der Waals surface area contributed by atoms with Gasteiger partial charge in [0.1, 0.15) is 17.4 Å². The molecule has 7 nitrogen and oxygen atoms in total. The van der Waals surface area contributed by atoms with Crippen LogP contribution in [0, 0.1) is 18.3 Å². The maximum atomic E-state index is 13.5. The molecule has 0 bridgehead atoms. The molecule has 3 N–H and O–H groups in total. The summed E-state index contributed by atoms with van der Waals surface area (Å²) in [5, 5.41) is 13.4. The minimum Gasteiger partial charge on any atom is -0.439 e. The number of fused-ring (bicyclic) bond motifs is 6. The van der Waals surface area contributed by atoms with Crippen LogP contribution in [0.25, 0.3) is 10.9 Å². The number of para-hydroxylation sites is 1. The average Bonchev–Trinajstić information content (AvgIpc) is 2.98. The molecule has 3 aromatic rings. The molecule has 7 heteroatoms. The van der Waals surface area contributed by atoms with Gasteiger partial charge < -0.3 is 20.4 Å². The van der Waals surface area contributed by atoms with E-state index in [0.29, 0.717) is 22.2 Å². The highest BCUT2D eigenvalue weighted by Crippen LogP contribution is 2.53. The van der Waals surface area contributed by atoms with Gasteiger partial charge in [-0.2, -0.15) is 5.26 Å². The second-order valence-electron chi connectivity index (χ2n) is 7.29. The Morgan fingerprint density at radius 2 is 1.97 bits per heavy atom. The molecule has 1 aromatic heterocycles. The maximum absolute atomic E-state index is 13.5. The van der Waals surface area contributed by atoms with Crippen LogP contribution in [0.4, 0.5) is 5.69 Å². The van der Waals surface area contributed by atoms with Crippen LogP contribution in [0.5, 0.6) is 5.75 Å². The lowest BCUT2D eigenvalue weighted by Crippen LogP contribution is -2.47. The fourth-order valence-corrected chi connectivity index (χ4v) is 4.43. The Bertz CT molecular complexity index is 1390. The molecule has 29 heavy (non-hydrogen) atoms. The van der Waals surface area contributed by atoms with Crippen LogP contribution in [-0.2, 0) is 17.3 Å². The van der Waals surface area contributed by atoms with Crippen molar-refractivity contribution < 1.29 is 9.53 Å². The number of carbonyl (C=O) groups is 1. The molecular formula is C22H16N4O3. The minimum atomic E-state index is -1.66. The van der Waals surface area contributed by atoms with Gasteiger partial charge in [0.05, 0.1) is 11.1 Å². The van der Waals surface area contributed by atoms with Gasteiger partial charge in [-0.1, -0.05) is 29.8 Å². The lowest BCUT2D eigenvalue weighted by Gasteiger charge is -2.34. The van der Waals surface area contributed by atoms with E-state index < -0.39 is 16.9 Å². The Labute approximate surface area is 165 Å². The molecule has 142 valence electrons. The van der Waals surface area contributed by atoms with Gasteiger partial charge in [0.15, 0.2) is 5.41 Å². The molecule has 0 radical (unpaired) electrons. The molecule has 0 saturated carbocycles. The van der Waals surface area contributed by atoms with E-state index in [1.54, 1.807) is 25.2 Å². The van der Waals surface area contributed by atoms with Crippen molar-refractivity contribution in [3.63, 3.8) is 0 Å². The van der Waals surface area contributed by atoms with Gasteiger partial charge >= 0.3 is 0 Å². The third kappa shape index (κ3) is 1.90. The van der Waals surface area contributed by atoms with Gasteiger partial charge in [-0.25, -0.2) is 0 Å². The van der Waals surface area contributed by atoms with E-state index >= 15 is 0 Å². The summed E-state index contributed by atoms with van der Waals surface area (Å²) >= 11 is 0. The summed E-state index contributed by atoms with van der Waals surface area (Å²) in [6.07, 6.45) is 0. The van der Waals surface area contributed by atoms with E-state index in [2.05, 4.69) is 5.32 Å². The molecule has 2 aliphatic heterocycles. The largest absolute Gasteiger partial charge is 0.439 e. The number of carbonyl (C=O) groups excluding carboxylic acids is 1. The van der Waals surface area contributed by atoms with E-state index in [4.69, 9.17) is 10.5 Å². The van der Waals surface area contributed by atoms with E-state index in [9.17, 15) is 14.9 Å². The fraction of sp³-hybridized carbons (Fsp3) is 0.136. The number of pyridine rings is 1. The number of anilines is 1. The van der Waals surface area contributed by atoms with Gasteiger partial charge in [0.2, 0.25) is 11.8 Å². The number of nitrogens with two attached hydrogens (primary N) is 1. The van der Waals surface area contributed by atoms with Crippen LogP contribution in [0.3, 0.4) is 0 Å². The molecule has 0 saturated heterocycles. The summed E-state index contributed by atoms with van der Waals surface area (Å²) in [5.74, 6) is -0.456. The van der Waals surface area contributed by atoms with Crippen LogP contribution in [-0.4, -0.2) is 10.5 Å². The highest BCUT2D eigenvalue weighted by atomic mass is 16.5. The Balaban J connectivity index is 2.06. The monoisotopic (exact) mass is 384 g/mol. The SMILES string of the molecule is Cc1ccc2c(c1)[C@]1(C(=O)N2)C(C#N)=C(N)Oc2c1c(=O)n(C)c1ccccc21. The summed E-state index contributed by atoms with van der Waals surface area (Å²) in [7, 11) is 1.64. The first-order valence-electron chi connectivity index (χ1n) is 9.04. The third-order valence-corrected chi connectivity index (χ3v) is 5.74. The van der Waals surface area contributed by atoms with Crippen LogP contribution < -0.4 is 21.3 Å². The summed E-state index contributed by atoms with van der Waals surface area (Å²) in [6, 6.07) is 14.7. The summed E-state index contributed by atoms with van der Waals surface area (Å²) < 4.78 is 7.28. The van der Waals surface area contributed by atoms with Crippen molar-refractivity contribution in [1.82, 2.24) is 4.57 Å². The molecule has 0 aliphatic carbocycles. The van der Waals surface area contributed by atoms with Crippen molar-refractivity contribution in [2.24, 2.45) is 12.8 Å². The zero-order valence-corrected chi connectivity index (χ0v) is 15.7. The van der Waals surface area contributed by atoms with Gasteiger partial charge in [-0.3, -0.25) is 9.59 Å². The predicted molar refractivity (Wildman–Crippen MR) is 107 cm³/mol. The molecule has 1 spiro atoms. The second kappa shape index (κ2) is 5.49. The number of hydrogen-bond acceptors (Lipinski definition) is 5. The molecule has 3 heterocycles. The molecule has 1 amide bonds. The van der Waals surface area contributed by atoms with Gasteiger partial charge in [0, 0.05) is 23.7 Å². The van der Waals surface area contributed by atoms with Gasteiger partial charge in [-0.15, -0.1) is 0 Å². The summed E-state index contributed by atoms with van der Waals surface area (Å²) in [4.78, 5) is 27.0. The van der Waals surface area contributed by atoms with E-state index in [-0.39, 0.29) is 22.8 Å². The zero-order valence-electron chi connectivity index (χ0n) is 15.7. The number of nitrogens with zero attached hydrogens (tertiary/aromatic N) is 2. The lowest BCUT2D eigenvalue weighted by molar-refractivity contribution is -0.118. The molecule has 2 aliphatic rings. The number of nitrogens with one attached hydrogen (secondary N) is 1. The van der Waals surface area contributed by atoms with Crippen LogP contribution in [0.1, 0.15) is 16.7 Å². The van der Waals surface area contributed by atoms with E-state index in [0.717, 1.165) is 5.56 Å². The predicted octanol–water partition coefficient (Wildman–Crippen LogP) is 2.17. The molecule has 0 fully saturated rings. The van der Waals surface area contributed by atoms with Crippen LogP contribution in [0.15, 0.2) is 58.7 Å².